The summed E-state index contributed by atoms with van der Waals surface area (Å²) in [6, 6.07) is 5.34. The number of ether oxygens (including phenoxy) is 1. The van der Waals surface area contributed by atoms with Crippen LogP contribution in [0, 0.1) is 17.0 Å². The number of non-ortho nitro benzene ring substituents is 1. The van der Waals surface area contributed by atoms with Crippen molar-refractivity contribution in [3.63, 3.8) is 0 Å². The van der Waals surface area contributed by atoms with Gasteiger partial charge in [0.25, 0.3) is 5.69 Å². The molecule has 1 aromatic carbocycles. The van der Waals surface area contributed by atoms with Gasteiger partial charge in [0.05, 0.1) is 17.6 Å². The molecule has 0 aliphatic heterocycles. The van der Waals surface area contributed by atoms with Crippen molar-refractivity contribution in [3.8, 4) is 0 Å². The number of hydrogen-bond donors (Lipinski definition) is 2. The molecule has 1 aromatic rings. The van der Waals surface area contributed by atoms with Crippen LogP contribution in [-0.2, 0) is 4.74 Å². The van der Waals surface area contributed by atoms with Crippen LogP contribution in [0.4, 0.5) is 11.4 Å². The molecule has 0 spiro atoms. The van der Waals surface area contributed by atoms with Gasteiger partial charge in [0.15, 0.2) is 0 Å². The molecule has 0 aromatic heterocycles. The maximum atomic E-state index is 10.8. The van der Waals surface area contributed by atoms with E-state index >= 15 is 0 Å². The maximum absolute atomic E-state index is 10.8. The molecule has 2 rings (SSSR count). The molecule has 1 fully saturated rings. The number of rotatable bonds is 6. The summed E-state index contributed by atoms with van der Waals surface area (Å²) in [7, 11) is 0. The number of nitro benzene ring substituents is 1. The quantitative estimate of drug-likeness (QED) is 0.478. The highest BCUT2D eigenvalue weighted by atomic mass is 16.6. The lowest BCUT2D eigenvalue weighted by Crippen LogP contribution is -2.31. The zero-order valence-corrected chi connectivity index (χ0v) is 12.4. The van der Waals surface area contributed by atoms with Crippen LogP contribution in [0.2, 0.25) is 0 Å². The Labute approximate surface area is 124 Å². The SMILES string of the molecule is Cc1cc(NCCOC2CCC(N)CC2)cc([N+](=O)[O-])c1. The van der Waals surface area contributed by atoms with Crippen molar-refractivity contribution < 1.29 is 9.66 Å². The fourth-order valence-corrected chi connectivity index (χ4v) is 2.65. The molecule has 1 aliphatic carbocycles. The molecular weight excluding hydrogens is 270 g/mol. The monoisotopic (exact) mass is 293 g/mol. The fraction of sp³-hybridized carbons (Fsp3) is 0.600. The van der Waals surface area contributed by atoms with Crippen LogP contribution in [0.1, 0.15) is 31.2 Å². The Morgan fingerprint density at radius 3 is 2.71 bits per heavy atom. The zero-order chi connectivity index (χ0) is 15.2. The Hall–Kier alpha value is -1.66. The van der Waals surface area contributed by atoms with Crippen molar-refractivity contribution in [3.05, 3.63) is 33.9 Å². The number of hydrogen-bond acceptors (Lipinski definition) is 5. The molecule has 0 saturated heterocycles. The van der Waals surface area contributed by atoms with E-state index in [0.717, 1.165) is 36.9 Å². The Kier molecular flexibility index (Phi) is 5.52. The summed E-state index contributed by atoms with van der Waals surface area (Å²) in [5.41, 5.74) is 7.60. The number of anilines is 1. The summed E-state index contributed by atoms with van der Waals surface area (Å²) in [4.78, 5) is 10.4. The van der Waals surface area contributed by atoms with Crippen LogP contribution in [0.15, 0.2) is 18.2 Å². The van der Waals surface area contributed by atoms with E-state index in [1.54, 1.807) is 12.1 Å². The first-order valence-electron chi connectivity index (χ1n) is 7.42. The van der Waals surface area contributed by atoms with Crippen molar-refractivity contribution in [2.24, 2.45) is 5.73 Å². The molecule has 6 heteroatoms. The minimum atomic E-state index is -0.375. The standard InChI is InChI=1S/C15H23N3O3/c1-11-8-13(10-14(9-11)18(19)20)17-6-7-21-15-4-2-12(16)3-5-15/h8-10,12,15,17H,2-7,16H2,1H3. The Balaban J connectivity index is 1.74. The second kappa shape index (κ2) is 7.38. The molecule has 21 heavy (non-hydrogen) atoms. The van der Waals surface area contributed by atoms with Crippen LogP contribution in [0.3, 0.4) is 0 Å². The minimum absolute atomic E-state index is 0.111. The number of nitrogens with one attached hydrogen (secondary N) is 1. The first kappa shape index (κ1) is 15.7. The summed E-state index contributed by atoms with van der Waals surface area (Å²) in [6.07, 6.45) is 4.41. The Morgan fingerprint density at radius 2 is 2.05 bits per heavy atom. The van der Waals surface area contributed by atoms with Crippen molar-refractivity contribution in [2.75, 3.05) is 18.5 Å². The van der Waals surface area contributed by atoms with E-state index in [-0.39, 0.29) is 10.6 Å². The van der Waals surface area contributed by atoms with E-state index in [2.05, 4.69) is 5.32 Å². The van der Waals surface area contributed by atoms with Crippen LogP contribution < -0.4 is 11.1 Å². The van der Waals surface area contributed by atoms with Crippen molar-refractivity contribution in [2.45, 2.75) is 44.8 Å². The highest BCUT2D eigenvalue weighted by Gasteiger charge is 2.18. The van der Waals surface area contributed by atoms with Crippen molar-refractivity contribution in [1.29, 1.82) is 0 Å². The van der Waals surface area contributed by atoms with E-state index in [1.807, 2.05) is 13.0 Å². The highest BCUT2D eigenvalue weighted by molar-refractivity contribution is 5.53. The van der Waals surface area contributed by atoms with E-state index in [9.17, 15) is 10.1 Å². The lowest BCUT2D eigenvalue weighted by atomic mass is 9.94. The summed E-state index contributed by atoms with van der Waals surface area (Å²) in [6.45, 7) is 3.09. The van der Waals surface area contributed by atoms with Crippen LogP contribution in [-0.4, -0.2) is 30.2 Å². The van der Waals surface area contributed by atoms with Crippen LogP contribution >= 0.6 is 0 Å². The molecular formula is C15H23N3O3. The summed E-state index contributed by atoms with van der Waals surface area (Å²) < 4.78 is 5.81. The predicted molar refractivity (Wildman–Crippen MR) is 82.5 cm³/mol. The van der Waals surface area contributed by atoms with E-state index in [0.29, 0.717) is 25.3 Å². The van der Waals surface area contributed by atoms with Gasteiger partial charge in [0.2, 0.25) is 0 Å². The van der Waals surface area contributed by atoms with Gasteiger partial charge < -0.3 is 15.8 Å². The second-order valence-corrected chi connectivity index (χ2v) is 5.65. The first-order valence-corrected chi connectivity index (χ1v) is 7.42. The summed E-state index contributed by atoms with van der Waals surface area (Å²) in [5, 5.41) is 14.0. The molecule has 116 valence electrons. The third kappa shape index (κ3) is 4.99. The lowest BCUT2D eigenvalue weighted by Gasteiger charge is -2.26. The Morgan fingerprint density at radius 1 is 1.33 bits per heavy atom. The van der Waals surface area contributed by atoms with E-state index in [1.165, 1.54) is 0 Å². The topological polar surface area (TPSA) is 90.4 Å². The van der Waals surface area contributed by atoms with Crippen LogP contribution in [0.5, 0.6) is 0 Å². The van der Waals surface area contributed by atoms with Gasteiger partial charge in [-0.25, -0.2) is 0 Å². The van der Waals surface area contributed by atoms with E-state index in [4.69, 9.17) is 10.5 Å². The normalized spacial score (nSPS) is 22.0. The molecule has 1 saturated carbocycles. The third-order valence-electron chi connectivity index (χ3n) is 3.78. The third-order valence-corrected chi connectivity index (χ3v) is 3.78. The molecule has 0 heterocycles. The number of nitrogens with zero attached hydrogens (tertiary/aromatic N) is 1. The van der Waals surface area contributed by atoms with Crippen molar-refractivity contribution in [1.82, 2.24) is 0 Å². The summed E-state index contributed by atoms with van der Waals surface area (Å²) in [5.74, 6) is 0. The average molecular weight is 293 g/mol. The lowest BCUT2D eigenvalue weighted by molar-refractivity contribution is -0.384. The number of aryl methyl sites for hydroxylation is 1. The number of nitro groups is 1. The van der Waals surface area contributed by atoms with Crippen molar-refractivity contribution >= 4 is 11.4 Å². The smallest absolute Gasteiger partial charge is 0.271 e. The molecule has 3 N–H and O–H groups in total. The Bertz CT molecular complexity index is 485. The fourth-order valence-electron chi connectivity index (χ4n) is 2.65. The minimum Gasteiger partial charge on any atom is -0.383 e. The van der Waals surface area contributed by atoms with Crippen LogP contribution in [0.25, 0.3) is 0 Å². The highest BCUT2D eigenvalue weighted by Crippen LogP contribution is 2.21. The van der Waals surface area contributed by atoms with Gasteiger partial charge in [0, 0.05) is 30.4 Å². The van der Waals surface area contributed by atoms with Gasteiger partial charge in [-0.05, 0) is 44.2 Å². The average Bonchev–Trinajstić information content (AvgIpc) is 2.45. The molecule has 6 nitrogen and oxygen atoms in total. The first-order chi connectivity index (χ1) is 10.0. The van der Waals surface area contributed by atoms with E-state index < -0.39 is 0 Å². The second-order valence-electron chi connectivity index (χ2n) is 5.65. The summed E-state index contributed by atoms with van der Waals surface area (Å²) >= 11 is 0. The molecule has 0 amide bonds. The van der Waals surface area contributed by atoms with Gasteiger partial charge in [-0.1, -0.05) is 0 Å². The molecule has 0 atom stereocenters. The predicted octanol–water partition coefficient (Wildman–Crippen LogP) is 2.60. The molecule has 0 bridgehead atoms. The molecule has 1 aliphatic rings. The van der Waals surface area contributed by atoms with Gasteiger partial charge in [-0.15, -0.1) is 0 Å². The maximum Gasteiger partial charge on any atom is 0.271 e. The number of nitrogens with two attached hydrogens (primary N) is 1. The van der Waals surface area contributed by atoms with Gasteiger partial charge in [-0.2, -0.15) is 0 Å². The molecule has 0 radical (unpaired) electrons. The zero-order valence-electron chi connectivity index (χ0n) is 12.4. The van der Waals surface area contributed by atoms with Gasteiger partial charge >= 0.3 is 0 Å². The molecule has 0 unspecified atom stereocenters. The largest absolute Gasteiger partial charge is 0.383 e. The number of benzene rings is 1. The van der Waals surface area contributed by atoms with Gasteiger partial charge in [-0.3, -0.25) is 10.1 Å². The van der Waals surface area contributed by atoms with Gasteiger partial charge in [0.1, 0.15) is 0 Å².